The highest BCUT2D eigenvalue weighted by atomic mass is 19.4. The molecule has 0 bridgehead atoms. The number of fused-ring (bicyclic) bond motifs is 3. The summed E-state index contributed by atoms with van der Waals surface area (Å²) in [7, 11) is 0. The molecular weight excluding hydrogens is 512 g/mol. The second kappa shape index (κ2) is 10.6. The Kier molecular flexibility index (Phi) is 7.45. The Bertz CT molecular complexity index is 1260. The van der Waals surface area contributed by atoms with Crippen molar-refractivity contribution in [2.75, 3.05) is 38.2 Å². The van der Waals surface area contributed by atoms with Gasteiger partial charge in [-0.25, -0.2) is 0 Å². The van der Waals surface area contributed by atoms with Crippen molar-refractivity contribution in [1.29, 1.82) is 0 Å². The number of likely N-dealkylation sites (tertiary alicyclic amines) is 1. The van der Waals surface area contributed by atoms with Gasteiger partial charge in [0, 0.05) is 48.3 Å². The summed E-state index contributed by atoms with van der Waals surface area (Å²) in [4.78, 5) is 10.9. The molecule has 2 aromatic heterocycles. The van der Waals surface area contributed by atoms with Crippen LogP contribution >= 0.6 is 0 Å². The first kappa shape index (κ1) is 26.6. The van der Waals surface area contributed by atoms with E-state index in [1.807, 2.05) is 24.3 Å². The summed E-state index contributed by atoms with van der Waals surface area (Å²) in [5, 5.41) is 4.08. The second-order valence-electron chi connectivity index (χ2n) is 9.94. The molecule has 0 unspecified atom stereocenters. The van der Waals surface area contributed by atoms with E-state index in [0.717, 1.165) is 16.5 Å². The third-order valence-electron chi connectivity index (χ3n) is 7.17. The maximum absolute atomic E-state index is 13.7. The maximum atomic E-state index is 13.7. The molecule has 1 saturated heterocycles. The van der Waals surface area contributed by atoms with Crippen molar-refractivity contribution in [2.24, 2.45) is 0 Å². The first-order valence-electron chi connectivity index (χ1n) is 12.5. The molecule has 2 N–H and O–H groups in total. The lowest BCUT2D eigenvalue weighted by molar-refractivity contribution is -0.156. The highest BCUT2D eigenvalue weighted by molar-refractivity contribution is 5.85. The number of ether oxygens (including phenoxy) is 1. The largest absolute Gasteiger partial charge is 0.433 e. The fraction of sp³-hybridized carbons (Fsp3) is 0.500. The van der Waals surface area contributed by atoms with E-state index >= 15 is 0 Å². The van der Waals surface area contributed by atoms with Crippen LogP contribution in [0.3, 0.4) is 0 Å². The Labute approximate surface area is 216 Å². The number of nitrogens with one attached hydrogen (secondary N) is 2. The van der Waals surface area contributed by atoms with Crippen LogP contribution in [-0.4, -0.2) is 77.5 Å². The lowest BCUT2D eigenvalue weighted by atomic mass is 9.90. The molecule has 6 nitrogen and oxygen atoms in total. The molecule has 3 aromatic rings. The predicted octanol–water partition coefficient (Wildman–Crippen LogP) is 5.52. The van der Waals surface area contributed by atoms with Gasteiger partial charge in [0.15, 0.2) is 5.75 Å². The number of halogens is 6. The zero-order chi connectivity index (χ0) is 27.0. The van der Waals surface area contributed by atoms with Gasteiger partial charge in [-0.1, -0.05) is 18.2 Å². The van der Waals surface area contributed by atoms with Crippen LogP contribution in [0.4, 0.5) is 32.0 Å². The van der Waals surface area contributed by atoms with Crippen molar-refractivity contribution in [3.8, 4) is 5.75 Å². The highest BCUT2D eigenvalue weighted by Crippen LogP contribution is 2.44. The maximum Gasteiger partial charge on any atom is 0.401 e. The van der Waals surface area contributed by atoms with Gasteiger partial charge >= 0.3 is 12.8 Å². The molecule has 2 aliphatic heterocycles. The molecule has 206 valence electrons. The molecule has 4 heterocycles. The van der Waals surface area contributed by atoms with Crippen LogP contribution in [0.2, 0.25) is 0 Å². The summed E-state index contributed by atoms with van der Waals surface area (Å²) in [5.41, 5.74) is 2.48. The Balaban J connectivity index is 1.52. The number of anilines is 1. The summed E-state index contributed by atoms with van der Waals surface area (Å²) in [6.07, 6.45) is -2.28. The Morgan fingerprint density at radius 2 is 1.97 bits per heavy atom. The number of hydrogen-bond donors (Lipinski definition) is 2. The Hall–Kier alpha value is -2.99. The number of aromatic nitrogens is 2. The number of alkyl halides is 6. The van der Waals surface area contributed by atoms with Crippen LogP contribution < -0.4 is 10.1 Å². The number of aromatic amines is 1. The minimum absolute atomic E-state index is 0.0124. The molecular formula is C26H29F6N5O. The van der Waals surface area contributed by atoms with Crippen molar-refractivity contribution < 1.29 is 31.1 Å². The zero-order valence-corrected chi connectivity index (χ0v) is 20.7. The van der Waals surface area contributed by atoms with Crippen LogP contribution in [0.5, 0.6) is 5.75 Å². The van der Waals surface area contributed by atoms with E-state index in [0.29, 0.717) is 43.9 Å². The van der Waals surface area contributed by atoms with Gasteiger partial charge in [-0.2, -0.15) is 22.0 Å². The van der Waals surface area contributed by atoms with E-state index < -0.39 is 38.1 Å². The van der Waals surface area contributed by atoms with E-state index in [9.17, 15) is 26.3 Å². The first-order valence-corrected chi connectivity index (χ1v) is 12.5. The molecule has 0 saturated carbocycles. The van der Waals surface area contributed by atoms with Gasteiger partial charge in [0.05, 0.1) is 37.2 Å². The number of hydrogen-bond acceptors (Lipinski definition) is 5. The fourth-order valence-corrected chi connectivity index (χ4v) is 5.55. The second-order valence-corrected chi connectivity index (χ2v) is 9.94. The monoisotopic (exact) mass is 541 g/mol. The average Bonchev–Trinajstić information content (AvgIpc) is 3.18. The van der Waals surface area contributed by atoms with E-state index in [-0.39, 0.29) is 17.5 Å². The SMILES string of the molecule is C[C@@H]1Cc2c([nH]c3ccccc23)[C@@H](c2ncc(NC3CN(CCCF)C3)cc2OC(F)F)N1CC(F)(F)F. The number of rotatable bonds is 9. The average molecular weight is 542 g/mol. The summed E-state index contributed by atoms with van der Waals surface area (Å²) < 4.78 is 85.3. The van der Waals surface area contributed by atoms with Gasteiger partial charge in [0.2, 0.25) is 0 Å². The highest BCUT2D eigenvalue weighted by Gasteiger charge is 2.43. The van der Waals surface area contributed by atoms with Crippen LogP contribution in [-0.2, 0) is 6.42 Å². The van der Waals surface area contributed by atoms with Gasteiger partial charge in [-0.05, 0) is 31.4 Å². The van der Waals surface area contributed by atoms with Gasteiger partial charge in [0.1, 0.15) is 5.69 Å². The number of para-hydroxylation sites is 1. The molecule has 0 aliphatic carbocycles. The Morgan fingerprint density at radius 3 is 2.68 bits per heavy atom. The normalized spacial score (nSPS) is 21.1. The van der Waals surface area contributed by atoms with Crippen molar-refractivity contribution in [3.05, 3.63) is 53.5 Å². The molecule has 2 atom stereocenters. The van der Waals surface area contributed by atoms with E-state index in [4.69, 9.17) is 4.74 Å². The number of nitrogens with zero attached hydrogens (tertiary/aromatic N) is 3. The molecule has 0 radical (unpaired) electrons. The van der Waals surface area contributed by atoms with Crippen molar-refractivity contribution in [1.82, 2.24) is 19.8 Å². The summed E-state index contributed by atoms with van der Waals surface area (Å²) >= 11 is 0. The minimum atomic E-state index is -4.51. The van der Waals surface area contributed by atoms with E-state index in [1.165, 1.54) is 17.2 Å². The summed E-state index contributed by atoms with van der Waals surface area (Å²) in [5.74, 6) is -0.283. The third kappa shape index (κ3) is 5.56. The molecule has 1 aromatic carbocycles. The van der Waals surface area contributed by atoms with Crippen LogP contribution in [0.1, 0.15) is 36.3 Å². The topological polar surface area (TPSA) is 56.4 Å². The van der Waals surface area contributed by atoms with Crippen LogP contribution in [0.15, 0.2) is 36.5 Å². The standard InChI is InChI=1S/C26H29F6N5O/c1-15-9-19-18-5-2-3-6-20(18)35-22(19)24(37(15)14-26(30,31)32)23-21(38-25(28)29)10-16(11-33-23)34-17-12-36(13-17)8-4-7-27/h2-3,5-6,10-11,15,17,24-25,34-35H,4,7-9,12-14H2,1H3/t15-,24+/m1/s1. The fourth-order valence-electron chi connectivity index (χ4n) is 5.55. The molecule has 0 spiro atoms. The number of H-pyrrole nitrogens is 1. The van der Waals surface area contributed by atoms with Gasteiger partial charge in [0.25, 0.3) is 0 Å². The van der Waals surface area contributed by atoms with Gasteiger partial charge in [-0.3, -0.25) is 19.2 Å². The molecule has 2 aliphatic rings. The van der Waals surface area contributed by atoms with Gasteiger partial charge < -0.3 is 15.0 Å². The molecule has 5 rings (SSSR count). The predicted molar refractivity (Wildman–Crippen MR) is 131 cm³/mol. The molecule has 12 heteroatoms. The van der Waals surface area contributed by atoms with E-state index in [1.54, 1.807) is 6.92 Å². The first-order chi connectivity index (χ1) is 18.1. The number of pyridine rings is 1. The minimum Gasteiger partial charge on any atom is -0.433 e. The van der Waals surface area contributed by atoms with Crippen LogP contribution in [0.25, 0.3) is 10.9 Å². The zero-order valence-electron chi connectivity index (χ0n) is 20.7. The Morgan fingerprint density at radius 1 is 1.21 bits per heavy atom. The third-order valence-corrected chi connectivity index (χ3v) is 7.17. The summed E-state index contributed by atoms with van der Waals surface area (Å²) in [6.45, 7) is -1.18. The summed E-state index contributed by atoms with van der Waals surface area (Å²) in [6, 6.07) is 7.14. The number of benzene rings is 1. The lowest BCUT2D eigenvalue weighted by Gasteiger charge is -2.41. The van der Waals surface area contributed by atoms with Crippen molar-refractivity contribution >= 4 is 16.6 Å². The molecule has 1 fully saturated rings. The van der Waals surface area contributed by atoms with Gasteiger partial charge in [-0.15, -0.1) is 0 Å². The van der Waals surface area contributed by atoms with Crippen LogP contribution in [0, 0.1) is 0 Å². The molecule has 38 heavy (non-hydrogen) atoms. The quantitative estimate of drug-likeness (QED) is 0.350. The van der Waals surface area contributed by atoms with E-state index in [2.05, 4.69) is 20.2 Å². The van der Waals surface area contributed by atoms with Crippen molar-refractivity contribution in [3.63, 3.8) is 0 Å². The van der Waals surface area contributed by atoms with Crippen molar-refractivity contribution in [2.45, 2.75) is 50.7 Å². The molecule has 0 amide bonds. The smallest absolute Gasteiger partial charge is 0.401 e. The lowest BCUT2D eigenvalue weighted by Crippen LogP contribution is -2.54.